The SMILES string of the molecule is Cc1cccc(OCCN(C)CC(=O)NCc2ccccc2F)c1. The van der Waals surface area contributed by atoms with Gasteiger partial charge in [-0.2, -0.15) is 0 Å². The summed E-state index contributed by atoms with van der Waals surface area (Å²) in [6, 6.07) is 14.3. The van der Waals surface area contributed by atoms with Crippen molar-refractivity contribution in [1.82, 2.24) is 10.2 Å². The summed E-state index contributed by atoms with van der Waals surface area (Å²) in [5, 5.41) is 2.72. The maximum Gasteiger partial charge on any atom is 0.234 e. The molecule has 0 atom stereocenters. The molecule has 0 aromatic heterocycles. The molecule has 5 heteroatoms. The van der Waals surface area contributed by atoms with Crippen LogP contribution in [0, 0.1) is 12.7 Å². The number of halogens is 1. The van der Waals surface area contributed by atoms with Gasteiger partial charge < -0.3 is 10.1 Å². The number of likely N-dealkylation sites (N-methyl/N-ethyl adjacent to an activating group) is 1. The molecule has 0 heterocycles. The number of carbonyl (C=O) groups is 1. The van der Waals surface area contributed by atoms with E-state index in [9.17, 15) is 9.18 Å². The molecule has 4 nitrogen and oxygen atoms in total. The molecule has 2 aromatic rings. The fraction of sp³-hybridized carbons (Fsp3) is 0.316. The maximum absolute atomic E-state index is 13.5. The van der Waals surface area contributed by atoms with E-state index in [4.69, 9.17) is 4.74 Å². The van der Waals surface area contributed by atoms with Crippen LogP contribution < -0.4 is 10.1 Å². The molecule has 24 heavy (non-hydrogen) atoms. The molecule has 0 aliphatic rings. The highest BCUT2D eigenvalue weighted by molar-refractivity contribution is 5.77. The van der Waals surface area contributed by atoms with E-state index in [1.807, 2.05) is 43.1 Å². The Morgan fingerprint density at radius 3 is 2.75 bits per heavy atom. The van der Waals surface area contributed by atoms with E-state index in [1.54, 1.807) is 18.2 Å². The fourth-order valence-corrected chi connectivity index (χ4v) is 2.24. The van der Waals surface area contributed by atoms with Crippen LogP contribution in [0.3, 0.4) is 0 Å². The van der Waals surface area contributed by atoms with Crippen LogP contribution in [0.5, 0.6) is 5.75 Å². The van der Waals surface area contributed by atoms with Crippen molar-refractivity contribution in [2.24, 2.45) is 0 Å². The van der Waals surface area contributed by atoms with Crippen molar-refractivity contribution in [2.75, 3.05) is 26.7 Å². The normalized spacial score (nSPS) is 10.7. The van der Waals surface area contributed by atoms with Crippen molar-refractivity contribution < 1.29 is 13.9 Å². The van der Waals surface area contributed by atoms with Crippen LogP contribution in [0.25, 0.3) is 0 Å². The van der Waals surface area contributed by atoms with Crippen molar-refractivity contribution in [3.63, 3.8) is 0 Å². The monoisotopic (exact) mass is 330 g/mol. The average molecular weight is 330 g/mol. The number of nitrogens with zero attached hydrogens (tertiary/aromatic N) is 1. The molecule has 0 unspecified atom stereocenters. The van der Waals surface area contributed by atoms with Crippen LogP contribution in [0.15, 0.2) is 48.5 Å². The molecule has 1 N–H and O–H groups in total. The van der Waals surface area contributed by atoms with Crippen LogP contribution in [0.1, 0.15) is 11.1 Å². The minimum atomic E-state index is -0.308. The quantitative estimate of drug-likeness (QED) is 0.809. The summed E-state index contributed by atoms with van der Waals surface area (Å²) < 4.78 is 19.1. The molecule has 0 spiro atoms. The molecule has 0 bridgehead atoms. The second-order valence-electron chi connectivity index (χ2n) is 5.77. The number of hydrogen-bond acceptors (Lipinski definition) is 3. The molecule has 0 saturated carbocycles. The average Bonchev–Trinajstić information content (AvgIpc) is 2.54. The molecule has 0 aliphatic heterocycles. The summed E-state index contributed by atoms with van der Waals surface area (Å²) in [7, 11) is 1.85. The maximum atomic E-state index is 13.5. The van der Waals surface area contributed by atoms with Gasteiger partial charge in [-0.25, -0.2) is 4.39 Å². The Labute approximate surface area is 142 Å². The van der Waals surface area contributed by atoms with E-state index in [1.165, 1.54) is 6.07 Å². The second-order valence-corrected chi connectivity index (χ2v) is 5.77. The molecule has 0 saturated heterocycles. The van der Waals surface area contributed by atoms with Crippen LogP contribution in [0.2, 0.25) is 0 Å². The van der Waals surface area contributed by atoms with Gasteiger partial charge in [0, 0.05) is 18.7 Å². The molecular formula is C19H23FN2O2. The van der Waals surface area contributed by atoms with Crippen molar-refractivity contribution >= 4 is 5.91 Å². The topological polar surface area (TPSA) is 41.6 Å². The predicted molar refractivity (Wildman–Crippen MR) is 92.4 cm³/mol. The van der Waals surface area contributed by atoms with Crippen molar-refractivity contribution in [1.29, 1.82) is 0 Å². The third kappa shape index (κ3) is 6.01. The molecule has 2 rings (SSSR count). The summed E-state index contributed by atoms with van der Waals surface area (Å²) >= 11 is 0. The van der Waals surface area contributed by atoms with E-state index in [0.29, 0.717) is 18.7 Å². The number of nitrogens with one attached hydrogen (secondary N) is 1. The third-order valence-corrected chi connectivity index (χ3v) is 3.58. The van der Waals surface area contributed by atoms with E-state index in [2.05, 4.69) is 5.32 Å². The van der Waals surface area contributed by atoms with Gasteiger partial charge in [0.05, 0.1) is 6.54 Å². The highest BCUT2D eigenvalue weighted by atomic mass is 19.1. The van der Waals surface area contributed by atoms with Crippen LogP contribution in [0.4, 0.5) is 4.39 Å². The molecule has 1 amide bonds. The minimum absolute atomic E-state index is 0.142. The van der Waals surface area contributed by atoms with Crippen molar-refractivity contribution in [3.8, 4) is 5.75 Å². The Kier molecular flexibility index (Phi) is 6.75. The summed E-state index contributed by atoms with van der Waals surface area (Å²) in [5.74, 6) is 0.376. The number of ether oxygens (including phenoxy) is 1. The number of hydrogen-bond donors (Lipinski definition) is 1. The Hall–Kier alpha value is -2.40. The van der Waals surface area contributed by atoms with Crippen molar-refractivity contribution in [3.05, 3.63) is 65.5 Å². The van der Waals surface area contributed by atoms with E-state index in [0.717, 1.165) is 11.3 Å². The van der Waals surface area contributed by atoms with Gasteiger partial charge in [-0.15, -0.1) is 0 Å². The first-order chi connectivity index (χ1) is 11.5. The lowest BCUT2D eigenvalue weighted by Gasteiger charge is -2.17. The van der Waals surface area contributed by atoms with Crippen LogP contribution >= 0.6 is 0 Å². The van der Waals surface area contributed by atoms with Gasteiger partial charge >= 0.3 is 0 Å². The van der Waals surface area contributed by atoms with E-state index in [-0.39, 0.29) is 24.8 Å². The smallest absolute Gasteiger partial charge is 0.234 e. The lowest BCUT2D eigenvalue weighted by atomic mass is 10.2. The summed E-state index contributed by atoms with van der Waals surface area (Å²) in [6.45, 7) is 3.57. The molecule has 128 valence electrons. The minimum Gasteiger partial charge on any atom is -0.492 e. The molecule has 0 radical (unpaired) electrons. The lowest BCUT2D eigenvalue weighted by Crippen LogP contribution is -2.36. The van der Waals surface area contributed by atoms with Gasteiger partial charge in [0.2, 0.25) is 5.91 Å². The number of carbonyl (C=O) groups excluding carboxylic acids is 1. The molecule has 0 fully saturated rings. The Morgan fingerprint density at radius 2 is 2.00 bits per heavy atom. The lowest BCUT2D eigenvalue weighted by molar-refractivity contribution is -0.122. The standard InChI is InChI=1S/C19H23FN2O2/c1-15-6-5-8-17(12-15)24-11-10-22(2)14-19(23)21-13-16-7-3-4-9-18(16)20/h3-9,12H,10-11,13-14H2,1-2H3,(H,21,23). The summed E-state index contributed by atoms with van der Waals surface area (Å²) in [4.78, 5) is 13.8. The zero-order valence-electron chi connectivity index (χ0n) is 14.1. The predicted octanol–water partition coefficient (Wildman–Crippen LogP) is 2.76. The largest absolute Gasteiger partial charge is 0.492 e. The first-order valence-corrected chi connectivity index (χ1v) is 7.92. The molecule has 2 aromatic carbocycles. The zero-order valence-corrected chi connectivity index (χ0v) is 14.1. The first kappa shape index (κ1) is 17.9. The first-order valence-electron chi connectivity index (χ1n) is 7.92. The fourth-order valence-electron chi connectivity index (χ4n) is 2.24. The van der Waals surface area contributed by atoms with Gasteiger partial charge in [-0.1, -0.05) is 30.3 Å². The zero-order chi connectivity index (χ0) is 17.4. The number of rotatable bonds is 8. The molecular weight excluding hydrogens is 307 g/mol. The highest BCUT2D eigenvalue weighted by Crippen LogP contribution is 2.12. The van der Waals surface area contributed by atoms with Crippen LogP contribution in [-0.4, -0.2) is 37.6 Å². The van der Waals surface area contributed by atoms with Crippen LogP contribution in [-0.2, 0) is 11.3 Å². The Balaban J connectivity index is 1.67. The summed E-state index contributed by atoms with van der Waals surface area (Å²) in [6.07, 6.45) is 0. The van der Waals surface area contributed by atoms with Gasteiger partial charge in [0.25, 0.3) is 0 Å². The number of amides is 1. The van der Waals surface area contributed by atoms with E-state index >= 15 is 0 Å². The van der Waals surface area contributed by atoms with Gasteiger partial charge in [-0.05, 0) is 37.7 Å². The highest BCUT2D eigenvalue weighted by Gasteiger charge is 2.08. The van der Waals surface area contributed by atoms with E-state index < -0.39 is 0 Å². The Morgan fingerprint density at radius 1 is 1.21 bits per heavy atom. The molecule has 0 aliphatic carbocycles. The second kappa shape index (κ2) is 9.03. The number of benzene rings is 2. The summed E-state index contributed by atoms with van der Waals surface area (Å²) in [5.41, 5.74) is 1.63. The van der Waals surface area contributed by atoms with Gasteiger partial charge in [-0.3, -0.25) is 9.69 Å². The van der Waals surface area contributed by atoms with Gasteiger partial charge in [0.1, 0.15) is 18.2 Å². The Bertz CT molecular complexity index is 676. The van der Waals surface area contributed by atoms with Gasteiger partial charge in [0.15, 0.2) is 0 Å². The number of aryl methyl sites for hydroxylation is 1. The third-order valence-electron chi connectivity index (χ3n) is 3.58. The van der Waals surface area contributed by atoms with Crippen molar-refractivity contribution in [2.45, 2.75) is 13.5 Å².